The van der Waals surface area contributed by atoms with Gasteiger partial charge in [0.1, 0.15) is 0 Å². The molecule has 0 radical (unpaired) electrons. The van der Waals surface area contributed by atoms with Crippen LogP contribution in [0.4, 0.5) is 11.4 Å². The molecule has 0 aliphatic heterocycles. The molecule has 0 aliphatic carbocycles. The average Bonchev–Trinajstić information content (AvgIpc) is 2.29. The molecule has 0 heterocycles. The van der Waals surface area contributed by atoms with Crippen molar-refractivity contribution in [1.82, 2.24) is 0 Å². The van der Waals surface area contributed by atoms with Crippen molar-refractivity contribution in [3.05, 3.63) is 28.3 Å². The largest absolute Gasteiger partial charge is 0.487 e. The van der Waals surface area contributed by atoms with E-state index < -0.39 is 4.92 Å². The van der Waals surface area contributed by atoms with Crippen molar-refractivity contribution >= 4 is 11.4 Å². The Kier molecular flexibility index (Phi) is 4.71. The highest BCUT2D eigenvalue weighted by Gasteiger charge is 2.15. The lowest BCUT2D eigenvalue weighted by molar-refractivity contribution is -0.385. The Morgan fingerprint density at radius 3 is 2.82 bits per heavy atom. The van der Waals surface area contributed by atoms with E-state index in [1.54, 1.807) is 19.1 Å². The minimum absolute atomic E-state index is 0.0129. The fraction of sp³-hybridized carbons (Fsp3) is 0.455. The highest BCUT2D eigenvalue weighted by atomic mass is 16.6. The van der Waals surface area contributed by atoms with Gasteiger partial charge >= 0.3 is 5.69 Å². The monoisotopic (exact) mass is 240 g/mol. The molecule has 0 bridgehead atoms. The number of anilines is 1. The predicted octanol–water partition coefficient (Wildman–Crippen LogP) is 1.79. The number of nitrogens with one attached hydrogen (secondary N) is 1. The Morgan fingerprint density at radius 2 is 2.29 bits per heavy atom. The van der Waals surface area contributed by atoms with Crippen LogP contribution < -0.4 is 10.1 Å². The molecule has 1 aromatic rings. The van der Waals surface area contributed by atoms with Gasteiger partial charge in [-0.25, -0.2) is 0 Å². The van der Waals surface area contributed by atoms with Gasteiger partial charge in [-0.1, -0.05) is 0 Å². The van der Waals surface area contributed by atoms with Crippen molar-refractivity contribution < 1.29 is 14.8 Å². The normalized spacial score (nSPS) is 11.9. The first-order chi connectivity index (χ1) is 8.08. The summed E-state index contributed by atoms with van der Waals surface area (Å²) in [6, 6.07) is 4.42. The van der Waals surface area contributed by atoms with E-state index in [9.17, 15) is 10.1 Å². The quantitative estimate of drug-likeness (QED) is 0.585. The zero-order valence-corrected chi connectivity index (χ0v) is 9.84. The van der Waals surface area contributed by atoms with Crippen molar-refractivity contribution in [2.24, 2.45) is 0 Å². The van der Waals surface area contributed by atoms with E-state index in [1.807, 2.05) is 6.92 Å². The van der Waals surface area contributed by atoms with Crippen LogP contribution in [0.5, 0.6) is 5.75 Å². The summed E-state index contributed by atoms with van der Waals surface area (Å²) in [5.41, 5.74) is 0.620. The van der Waals surface area contributed by atoms with Crippen LogP contribution in [0.15, 0.2) is 18.2 Å². The molecule has 1 aromatic carbocycles. The van der Waals surface area contributed by atoms with E-state index in [0.29, 0.717) is 12.3 Å². The van der Waals surface area contributed by atoms with E-state index in [0.717, 1.165) is 0 Å². The molecule has 6 heteroatoms. The van der Waals surface area contributed by atoms with E-state index in [1.165, 1.54) is 6.07 Å². The van der Waals surface area contributed by atoms with Gasteiger partial charge in [0.25, 0.3) is 0 Å². The fourth-order valence-electron chi connectivity index (χ4n) is 1.36. The van der Waals surface area contributed by atoms with Crippen molar-refractivity contribution in [2.75, 3.05) is 18.5 Å². The first-order valence-corrected chi connectivity index (χ1v) is 5.37. The highest BCUT2D eigenvalue weighted by Crippen LogP contribution is 2.30. The van der Waals surface area contributed by atoms with Gasteiger partial charge < -0.3 is 15.2 Å². The number of ether oxygens (including phenoxy) is 1. The van der Waals surface area contributed by atoms with Crippen molar-refractivity contribution in [2.45, 2.75) is 19.9 Å². The summed E-state index contributed by atoms with van der Waals surface area (Å²) in [6.07, 6.45) is 0. The van der Waals surface area contributed by atoms with E-state index in [-0.39, 0.29) is 24.1 Å². The molecule has 0 saturated heterocycles. The van der Waals surface area contributed by atoms with Gasteiger partial charge in [-0.3, -0.25) is 10.1 Å². The second kappa shape index (κ2) is 6.05. The molecular formula is C11H16N2O4. The summed E-state index contributed by atoms with van der Waals surface area (Å²) < 4.78 is 5.21. The molecule has 94 valence electrons. The van der Waals surface area contributed by atoms with E-state index in [2.05, 4.69) is 5.32 Å². The summed E-state index contributed by atoms with van der Waals surface area (Å²) in [5, 5.41) is 22.7. The first kappa shape index (κ1) is 13.2. The third-order valence-electron chi connectivity index (χ3n) is 2.14. The summed E-state index contributed by atoms with van der Waals surface area (Å²) in [6.45, 7) is 3.92. The molecule has 17 heavy (non-hydrogen) atoms. The van der Waals surface area contributed by atoms with Gasteiger partial charge in [-0.05, 0) is 19.9 Å². The van der Waals surface area contributed by atoms with E-state index >= 15 is 0 Å². The zero-order valence-electron chi connectivity index (χ0n) is 9.84. The third-order valence-corrected chi connectivity index (χ3v) is 2.14. The molecule has 2 N–H and O–H groups in total. The van der Waals surface area contributed by atoms with Gasteiger partial charge in [0.2, 0.25) is 0 Å². The van der Waals surface area contributed by atoms with Crippen LogP contribution in [-0.2, 0) is 0 Å². The molecule has 0 fully saturated rings. The second-order valence-electron chi connectivity index (χ2n) is 3.60. The van der Waals surface area contributed by atoms with Gasteiger partial charge in [-0.2, -0.15) is 0 Å². The standard InChI is InChI=1S/C11H16N2O4/c1-3-17-11-6-9(12-8(2)7-14)4-5-10(11)13(15)16/h4-6,8,12,14H,3,7H2,1-2H3. The molecule has 0 spiro atoms. The summed E-state index contributed by atoms with van der Waals surface area (Å²) in [4.78, 5) is 10.3. The number of hydrogen-bond acceptors (Lipinski definition) is 5. The molecular weight excluding hydrogens is 224 g/mol. The Bertz CT molecular complexity index is 395. The van der Waals surface area contributed by atoms with Crippen molar-refractivity contribution in [3.8, 4) is 5.75 Å². The van der Waals surface area contributed by atoms with E-state index in [4.69, 9.17) is 9.84 Å². The highest BCUT2D eigenvalue weighted by molar-refractivity contribution is 5.58. The molecule has 0 amide bonds. The first-order valence-electron chi connectivity index (χ1n) is 5.37. The van der Waals surface area contributed by atoms with Crippen molar-refractivity contribution in [1.29, 1.82) is 0 Å². The van der Waals surface area contributed by atoms with Crippen LogP contribution in [0.3, 0.4) is 0 Å². The van der Waals surface area contributed by atoms with Crippen LogP contribution in [0.1, 0.15) is 13.8 Å². The van der Waals surface area contributed by atoms with Crippen LogP contribution in [0, 0.1) is 10.1 Å². The lowest BCUT2D eigenvalue weighted by atomic mass is 10.2. The molecule has 0 saturated carbocycles. The minimum atomic E-state index is -0.482. The van der Waals surface area contributed by atoms with Crippen LogP contribution in [0.2, 0.25) is 0 Å². The number of aliphatic hydroxyl groups excluding tert-OH is 1. The van der Waals surface area contributed by atoms with Crippen LogP contribution in [0.25, 0.3) is 0 Å². The number of hydrogen-bond donors (Lipinski definition) is 2. The fourth-order valence-corrected chi connectivity index (χ4v) is 1.36. The van der Waals surface area contributed by atoms with Gasteiger partial charge in [0.15, 0.2) is 5.75 Å². The number of nitrogens with zero attached hydrogens (tertiary/aromatic N) is 1. The number of benzene rings is 1. The maximum Gasteiger partial charge on any atom is 0.311 e. The van der Waals surface area contributed by atoms with Crippen molar-refractivity contribution in [3.63, 3.8) is 0 Å². The average molecular weight is 240 g/mol. The number of rotatable bonds is 6. The van der Waals surface area contributed by atoms with Crippen LogP contribution >= 0.6 is 0 Å². The van der Waals surface area contributed by atoms with Gasteiger partial charge in [0, 0.05) is 23.9 Å². The molecule has 6 nitrogen and oxygen atoms in total. The topological polar surface area (TPSA) is 84.6 Å². The maximum absolute atomic E-state index is 10.8. The molecule has 1 rings (SSSR count). The molecule has 0 aliphatic rings. The van der Waals surface area contributed by atoms with Gasteiger partial charge in [-0.15, -0.1) is 0 Å². The summed E-state index contributed by atoms with van der Waals surface area (Å²) in [7, 11) is 0. The Morgan fingerprint density at radius 1 is 1.59 bits per heavy atom. The Balaban J connectivity index is 2.96. The molecule has 1 unspecified atom stereocenters. The number of aliphatic hydroxyl groups is 1. The smallest absolute Gasteiger partial charge is 0.311 e. The summed E-state index contributed by atoms with van der Waals surface area (Å²) >= 11 is 0. The third kappa shape index (κ3) is 3.60. The molecule has 1 atom stereocenters. The predicted molar refractivity (Wildman–Crippen MR) is 64.4 cm³/mol. The molecule has 0 aromatic heterocycles. The second-order valence-corrected chi connectivity index (χ2v) is 3.60. The zero-order chi connectivity index (χ0) is 12.8. The summed E-state index contributed by atoms with van der Waals surface area (Å²) in [5.74, 6) is 0.229. The Hall–Kier alpha value is -1.82. The number of nitro groups is 1. The lowest BCUT2D eigenvalue weighted by Gasteiger charge is -2.13. The van der Waals surface area contributed by atoms with Crippen LogP contribution in [-0.4, -0.2) is 29.3 Å². The SMILES string of the molecule is CCOc1cc(NC(C)CO)ccc1[N+](=O)[O-]. The number of nitro benzene ring substituents is 1. The Labute approximate surface area is 99.4 Å². The maximum atomic E-state index is 10.8. The minimum Gasteiger partial charge on any atom is -0.487 e. The lowest BCUT2D eigenvalue weighted by Crippen LogP contribution is -2.19. The van der Waals surface area contributed by atoms with Gasteiger partial charge in [0.05, 0.1) is 18.1 Å².